The summed E-state index contributed by atoms with van der Waals surface area (Å²) in [6.07, 6.45) is 2.53. The molecule has 1 aromatic heterocycles. The van der Waals surface area contributed by atoms with Gasteiger partial charge in [-0.25, -0.2) is 13.9 Å². The monoisotopic (exact) mass is 222 g/mol. The van der Waals surface area contributed by atoms with Gasteiger partial charge in [0.1, 0.15) is 18.0 Å². The van der Waals surface area contributed by atoms with E-state index < -0.39 is 5.97 Å². The van der Waals surface area contributed by atoms with Crippen molar-refractivity contribution in [3.63, 3.8) is 0 Å². The first-order chi connectivity index (χ1) is 7.51. The minimum absolute atomic E-state index is 0.0554. The molecular weight excluding hydrogens is 206 g/mol. The van der Waals surface area contributed by atoms with E-state index in [1.165, 1.54) is 0 Å². The SMILES string of the molecule is CCc1n(CC(=O)O)c(C)c[n+]1C(C)C#N. The van der Waals surface area contributed by atoms with Crippen LogP contribution in [0.2, 0.25) is 0 Å². The number of nitriles is 1. The van der Waals surface area contributed by atoms with E-state index >= 15 is 0 Å². The lowest BCUT2D eigenvalue weighted by Crippen LogP contribution is -2.40. The van der Waals surface area contributed by atoms with Crippen LogP contribution in [0.5, 0.6) is 0 Å². The smallest absolute Gasteiger partial charge is 0.346 e. The third-order valence-electron chi connectivity index (χ3n) is 2.57. The van der Waals surface area contributed by atoms with E-state index in [4.69, 9.17) is 10.4 Å². The summed E-state index contributed by atoms with van der Waals surface area (Å²) in [5.41, 5.74) is 0.862. The molecule has 1 unspecified atom stereocenters. The number of carboxylic acid groups (broad SMARTS) is 1. The van der Waals surface area contributed by atoms with Crippen LogP contribution in [0.4, 0.5) is 0 Å². The van der Waals surface area contributed by atoms with E-state index in [0.717, 1.165) is 11.5 Å². The highest BCUT2D eigenvalue weighted by molar-refractivity contribution is 5.66. The molecule has 0 amide bonds. The van der Waals surface area contributed by atoms with Crippen LogP contribution < -0.4 is 4.57 Å². The van der Waals surface area contributed by atoms with Gasteiger partial charge in [-0.15, -0.1) is 0 Å². The molecule has 0 fully saturated rings. The van der Waals surface area contributed by atoms with Crippen LogP contribution in [0.3, 0.4) is 0 Å². The molecule has 1 rings (SSSR count). The van der Waals surface area contributed by atoms with Gasteiger partial charge in [0.2, 0.25) is 0 Å². The van der Waals surface area contributed by atoms with Crippen LogP contribution in [-0.4, -0.2) is 15.6 Å². The van der Waals surface area contributed by atoms with E-state index in [0.29, 0.717) is 6.42 Å². The lowest BCUT2D eigenvalue weighted by atomic mass is 10.3. The molecule has 1 N–H and O–H groups in total. The van der Waals surface area contributed by atoms with Gasteiger partial charge in [0.15, 0.2) is 12.6 Å². The standard InChI is InChI=1S/C11H15N3O2/c1-4-10-13(8(2)5-12)6-9(3)14(10)7-11(15)16/h6,8H,4,7H2,1-3H3/p+1. The molecule has 0 radical (unpaired) electrons. The normalized spacial score (nSPS) is 12.1. The van der Waals surface area contributed by atoms with Crippen LogP contribution in [0, 0.1) is 18.3 Å². The molecule has 16 heavy (non-hydrogen) atoms. The topological polar surface area (TPSA) is 69.9 Å². The predicted molar refractivity (Wildman–Crippen MR) is 56.7 cm³/mol. The molecule has 1 aromatic rings. The highest BCUT2D eigenvalue weighted by atomic mass is 16.4. The van der Waals surface area contributed by atoms with Crippen molar-refractivity contribution in [3.8, 4) is 6.07 Å². The summed E-state index contributed by atoms with van der Waals surface area (Å²) < 4.78 is 3.56. The summed E-state index contributed by atoms with van der Waals surface area (Å²) >= 11 is 0. The first kappa shape index (κ1) is 12.2. The van der Waals surface area contributed by atoms with Gasteiger partial charge in [-0.3, -0.25) is 0 Å². The number of hydrogen-bond donors (Lipinski definition) is 1. The number of carboxylic acids is 1. The van der Waals surface area contributed by atoms with Gasteiger partial charge < -0.3 is 5.11 Å². The van der Waals surface area contributed by atoms with Crippen molar-refractivity contribution in [2.45, 2.75) is 39.8 Å². The Morgan fingerprint density at radius 1 is 1.75 bits per heavy atom. The Morgan fingerprint density at radius 2 is 2.38 bits per heavy atom. The zero-order valence-corrected chi connectivity index (χ0v) is 9.77. The number of rotatable bonds is 4. The van der Waals surface area contributed by atoms with Crippen LogP contribution in [0.25, 0.3) is 0 Å². The summed E-state index contributed by atoms with van der Waals surface area (Å²) in [6.45, 7) is 5.54. The van der Waals surface area contributed by atoms with E-state index in [2.05, 4.69) is 6.07 Å². The maximum absolute atomic E-state index is 10.7. The van der Waals surface area contributed by atoms with Gasteiger partial charge >= 0.3 is 5.97 Å². The molecule has 0 aromatic carbocycles. The first-order valence-electron chi connectivity index (χ1n) is 5.22. The van der Waals surface area contributed by atoms with Crippen LogP contribution in [0.1, 0.15) is 31.4 Å². The van der Waals surface area contributed by atoms with Crippen molar-refractivity contribution in [2.75, 3.05) is 0 Å². The zero-order valence-electron chi connectivity index (χ0n) is 9.77. The maximum Gasteiger partial charge on any atom is 0.346 e. The number of nitrogens with zero attached hydrogens (tertiary/aromatic N) is 3. The van der Waals surface area contributed by atoms with Crippen LogP contribution >= 0.6 is 0 Å². The number of aryl methyl sites for hydroxylation is 1. The number of hydrogen-bond acceptors (Lipinski definition) is 2. The Labute approximate surface area is 94.5 Å². The predicted octanol–water partition coefficient (Wildman–Crippen LogP) is 0.816. The maximum atomic E-state index is 10.7. The quantitative estimate of drug-likeness (QED) is 0.766. The van der Waals surface area contributed by atoms with Crippen molar-refractivity contribution in [1.29, 1.82) is 5.26 Å². The molecule has 1 atom stereocenters. The Balaban J connectivity index is 3.24. The molecule has 5 nitrogen and oxygen atoms in total. The van der Waals surface area contributed by atoms with Gasteiger partial charge in [-0.2, -0.15) is 5.26 Å². The number of aliphatic carboxylic acids is 1. The molecule has 0 aliphatic carbocycles. The minimum Gasteiger partial charge on any atom is -0.478 e. The molecule has 0 saturated carbocycles. The highest BCUT2D eigenvalue weighted by Crippen LogP contribution is 2.07. The second-order valence-corrected chi connectivity index (χ2v) is 3.73. The Hall–Kier alpha value is -1.83. The Kier molecular flexibility index (Phi) is 3.67. The molecule has 5 heteroatoms. The van der Waals surface area contributed by atoms with E-state index in [9.17, 15) is 4.79 Å². The lowest BCUT2D eigenvalue weighted by Gasteiger charge is -2.02. The Morgan fingerprint density at radius 3 is 2.81 bits per heavy atom. The van der Waals surface area contributed by atoms with Crippen molar-refractivity contribution in [1.82, 2.24) is 4.57 Å². The molecule has 0 aliphatic heterocycles. The third kappa shape index (κ3) is 2.22. The van der Waals surface area contributed by atoms with Crippen molar-refractivity contribution >= 4 is 5.97 Å². The number of imidazole rings is 1. The first-order valence-corrected chi connectivity index (χ1v) is 5.22. The molecule has 86 valence electrons. The molecule has 0 spiro atoms. The molecule has 0 aliphatic rings. The summed E-state index contributed by atoms with van der Waals surface area (Å²) in [6, 6.07) is 1.88. The summed E-state index contributed by atoms with van der Waals surface area (Å²) in [4.78, 5) is 10.7. The average Bonchev–Trinajstić information content (AvgIpc) is 2.54. The van der Waals surface area contributed by atoms with Crippen molar-refractivity contribution < 1.29 is 14.5 Å². The van der Waals surface area contributed by atoms with E-state index in [1.54, 1.807) is 11.5 Å². The van der Waals surface area contributed by atoms with Crippen molar-refractivity contribution in [3.05, 3.63) is 17.7 Å². The van der Waals surface area contributed by atoms with Gasteiger partial charge in [0, 0.05) is 13.3 Å². The van der Waals surface area contributed by atoms with Gasteiger partial charge in [-0.05, 0) is 6.92 Å². The summed E-state index contributed by atoms with van der Waals surface area (Å²) in [5, 5.41) is 17.7. The largest absolute Gasteiger partial charge is 0.478 e. The fraction of sp³-hybridized carbons (Fsp3) is 0.545. The third-order valence-corrected chi connectivity index (χ3v) is 2.57. The van der Waals surface area contributed by atoms with Gasteiger partial charge in [-0.1, -0.05) is 6.92 Å². The number of carbonyl (C=O) groups is 1. The van der Waals surface area contributed by atoms with Gasteiger partial charge in [0.25, 0.3) is 5.82 Å². The fourth-order valence-electron chi connectivity index (χ4n) is 1.81. The van der Waals surface area contributed by atoms with E-state index in [-0.39, 0.29) is 12.6 Å². The average molecular weight is 222 g/mol. The minimum atomic E-state index is -0.870. The molecule has 0 saturated heterocycles. The molecular formula is C11H16N3O2+. The van der Waals surface area contributed by atoms with Crippen molar-refractivity contribution in [2.24, 2.45) is 0 Å². The molecule has 0 bridgehead atoms. The zero-order chi connectivity index (χ0) is 12.3. The van der Waals surface area contributed by atoms with E-state index in [1.807, 2.05) is 24.6 Å². The lowest BCUT2D eigenvalue weighted by molar-refractivity contribution is -0.713. The number of aromatic nitrogens is 2. The van der Waals surface area contributed by atoms with Crippen LogP contribution in [0.15, 0.2) is 6.20 Å². The van der Waals surface area contributed by atoms with Gasteiger partial charge in [0.05, 0.1) is 0 Å². The second kappa shape index (κ2) is 4.79. The second-order valence-electron chi connectivity index (χ2n) is 3.73. The molecule has 1 heterocycles. The fourth-order valence-corrected chi connectivity index (χ4v) is 1.81. The summed E-state index contributed by atoms with van der Waals surface area (Å²) in [5.74, 6) is -0.000823. The summed E-state index contributed by atoms with van der Waals surface area (Å²) in [7, 11) is 0. The Bertz CT molecular complexity index is 443. The van der Waals surface area contributed by atoms with Crippen LogP contribution in [-0.2, 0) is 17.8 Å². The highest BCUT2D eigenvalue weighted by Gasteiger charge is 2.24.